The number of aromatic nitrogens is 1. The third kappa shape index (κ3) is 2.43. The van der Waals surface area contributed by atoms with Crippen LogP contribution in [0.1, 0.15) is 23.2 Å². The van der Waals surface area contributed by atoms with Crippen molar-refractivity contribution >= 4 is 0 Å². The number of alkyl halides is 5. The van der Waals surface area contributed by atoms with Crippen molar-refractivity contribution in [2.24, 2.45) is 0 Å². The summed E-state index contributed by atoms with van der Waals surface area (Å²) >= 11 is 0. The van der Waals surface area contributed by atoms with E-state index in [2.05, 4.69) is 9.72 Å². The van der Waals surface area contributed by atoms with Crippen LogP contribution in [-0.4, -0.2) is 12.1 Å². The lowest BCUT2D eigenvalue weighted by molar-refractivity contribution is -0.141. The molecule has 0 atom stereocenters. The second-order valence-electron chi connectivity index (χ2n) is 2.88. The maximum atomic E-state index is 12.4. The van der Waals surface area contributed by atoms with Gasteiger partial charge in [0.25, 0.3) is 6.43 Å². The molecule has 0 spiro atoms. The van der Waals surface area contributed by atoms with Crippen molar-refractivity contribution in [3.63, 3.8) is 0 Å². The fraction of sp³-hybridized carbons (Fsp3) is 0.333. The smallest absolute Gasteiger partial charge is 0.434 e. The molecule has 1 heterocycles. The highest BCUT2D eigenvalue weighted by molar-refractivity contribution is 5.51. The van der Waals surface area contributed by atoms with E-state index in [1.807, 2.05) is 0 Å². The zero-order valence-electron chi connectivity index (χ0n) is 8.35. The molecular formula is C9H5F5N2O. The average Bonchev–Trinajstić information content (AvgIpc) is 2.25. The highest BCUT2D eigenvalue weighted by Gasteiger charge is 2.38. The summed E-state index contributed by atoms with van der Waals surface area (Å²) in [7, 11) is 0.905. The second kappa shape index (κ2) is 4.53. The van der Waals surface area contributed by atoms with Gasteiger partial charge in [-0.25, -0.2) is 13.8 Å². The third-order valence-electron chi connectivity index (χ3n) is 1.88. The van der Waals surface area contributed by atoms with Gasteiger partial charge in [0.2, 0.25) is 0 Å². The number of hydrogen-bond acceptors (Lipinski definition) is 3. The van der Waals surface area contributed by atoms with Crippen LogP contribution >= 0.6 is 0 Å². The summed E-state index contributed by atoms with van der Waals surface area (Å²) in [5, 5.41) is 8.59. The summed E-state index contributed by atoms with van der Waals surface area (Å²) in [6, 6.07) is 1.18. The van der Waals surface area contributed by atoms with Crippen LogP contribution in [0.4, 0.5) is 22.0 Å². The van der Waals surface area contributed by atoms with Crippen molar-refractivity contribution in [1.82, 2.24) is 4.98 Å². The van der Waals surface area contributed by atoms with E-state index in [-0.39, 0.29) is 0 Å². The maximum Gasteiger partial charge on any atom is 0.434 e. The molecule has 1 aromatic heterocycles. The summed E-state index contributed by atoms with van der Waals surface area (Å²) in [4.78, 5) is 2.84. The number of nitriles is 1. The Morgan fingerprint density at radius 3 is 2.35 bits per heavy atom. The first-order chi connectivity index (χ1) is 7.82. The van der Waals surface area contributed by atoms with Crippen LogP contribution in [0.5, 0.6) is 5.75 Å². The predicted octanol–water partition coefficient (Wildman–Crippen LogP) is 2.92. The Hall–Kier alpha value is -1.91. The fourth-order valence-electron chi connectivity index (χ4n) is 1.20. The maximum absolute atomic E-state index is 12.4. The minimum Gasteiger partial charge on any atom is -0.495 e. The third-order valence-corrected chi connectivity index (χ3v) is 1.88. The molecule has 0 N–H and O–H groups in total. The number of hydrogen-bond donors (Lipinski definition) is 0. The van der Waals surface area contributed by atoms with Crippen molar-refractivity contribution in [3.05, 3.63) is 23.0 Å². The lowest BCUT2D eigenvalue weighted by Crippen LogP contribution is -2.13. The first kappa shape index (κ1) is 13.2. The molecule has 17 heavy (non-hydrogen) atoms. The van der Waals surface area contributed by atoms with Crippen LogP contribution in [0, 0.1) is 11.3 Å². The van der Waals surface area contributed by atoms with E-state index >= 15 is 0 Å². The van der Waals surface area contributed by atoms with Gasteiger partial charge in [-0.3, -0.25) is 0 Å². The van der Waals surface area contributed by atoms with Crippen LogP contribution in [0.3, 0.4) is 0 Å². The lowest BCUT2D eigenvalue weighted by atomic mass is 10.1. The summed E-state index contributed by atoms with van der Waals surface area (Å²) in [6.07, 6.45) is -7.63. The number of ether oxygens (including phenoxy) is 1. The Labute approximate surface area is 92.4 Å². The molecule has 3 nitrogen and oxygen atoms in total. The average molecular weight is 252 g/mol. The van der Waals surface area contributed by atoms with Gasteiger partial charge in [-0.1, -0.05) is 0 Å². The van der Waals surface area contributed by atoms with Gasteiger partial charge >= 0.3 is 6.18 Å². The molecule has 0 saturated carbocycles. The first-order valence-corrected chi connectivity index (χ1v) is 4.15. The molecule has 8 heteroatoms. The molecular weight excluding hydrogens is 247 g/mol. The summed E-state index contributed by atoms with van der Waals surface area (Å²) in [6.45, 7) is 0. The quantitative estimate of drug-likeness (QED) is 0.760. The minimum atomic E-state index is -4.90. The predicted molar refractivity (Wildman–Crippen MR) is 45.5 cm³/mol. The van der Waals surface area contributed by atoms with Gasteiger partial charge in [0.1, 0.15) is 17.4 Å². The Bertz CT molecular complexity index is 464. The van der Waals surface area contributed by atoms with E-state index in [0.29, 0.717) is 6.20 Å². The van der Waals surface area contributed by atoms with Gasteiger partial charge < -0.3 is 4.74 Å². The van der Waals surface area contributed by atoms with Crippen LogP contribution in [0.2, 0.25) is 0 Å². The zero-order valence-corrected chi connectivity index (χ0v) is 8.35. The normalized spacial score (nSPS) is 11.4. The molecule has 0 bridgehead atoms. The summed E-state index contributed by atoms with van der Waals surface area (Å²) < 4.78 is 66.6. The van der Waals surface area contributed by atoms with Crippen LogP contribution in [0.25, 0.3) is 0 Å². The highest BCUT2D eigenvalue weighted by atomic mass is 19.4. The van der Waals surface area contributed by atoms with Gasteiger partial charge in [-0.2, -0.15) is 18.4 Å². The van der Waals surface area contributed by atoms with Gasteiger partial charge in [-0.05, 0) is 0 Å². The van der Waals surface area contributed by atoms with E-state index < -0.39 is 35.2 Å². The standard InChI is InChI=1S/C9H5F5N2O/c1-17-6-4(2-15)7(9(12,13)14)16-3-5(6)8(10)11/h3,8H,1H3. The Balaban J connectivity index is 3.56. The molecule has 0 unspecified atom stereocenters. The first-order valence-electron chi connectivity index (χ1n) is 4.15. The number of methoxy groups -OCH3 is 1. The number of halogens is 5. The van der Waals surface area contributed by atoms with E-state index in [9.17, 15) is 22.0 Å². The topological polar surface area (TPSA) is 45.9 Å². The molecule has 0 aliphatic rings. The number of rotatable bonds is 2. The van der Waals surface area contributed by atoms with E-state index in [1.54, 1.807) is 0 Å². The van der Waals surface area contributed by atoms with Crippen molar-refractivity contribution in [3.8, 4) is 11.8 Å². The molecule has 0 radical (unpaired) electrons. The molecule has 0 aliphatic carbocycles. The number of nitrogens with zero attached hydrogens (tertiary/aromatic N) is 2. The molecule has 92 valence electrons. The molecule has 1 aromatic rings. The Morgan fingerprint density at radius 1 is 1.41 bits per heavy atom. The Kier molecular flexibility index (Phi) is 3.50. The second-order valence-corrected chi connectivity index (χ2v) is 2.88. The van der Waals surface area contributed by atoms with E-state index in [0.717, 1.165) is 7.11 Å². The van der Waals surface area contributed by atoms with Crippen LogP contribution in [0.15, 0.2) is 6.20 Å². The fourth-order valence-corrected chi connectivity index (χ4v) is 1.20. The molecule has 0 saturated heterocycles. The van der Waals surface area contributed by atoms with Gasteiger partial charge in [0, 0.05) is 6.20 Å². The van der Waals surface area contributed by atoms with E-state index in [1.165, 1.54) is 6.07 Å². The minimum absolute atomic E-state index is 0.354. The van der Waals surface area contributed by atoms with Crippen molar-refractivity contribution < 1.29 is 26.7 Å². The van der Waals surface area contributed by atoms with Crippen molar-refractivity contribution in [1.29, 1.82) is 5.26 Å². The van der Waals surface area contributed by atoms with Gasteiger partial charge in [0.05, 0.1) is 12.7 Å². The van der Waals surface area contributed by atoms with Crippen molar-refractivity contribution in [2.45, 2.75) is 12.6 Å². The highest BCUT2D eigenvalue weighted by Crippen LogP contribution is 2.38. The van der Waals surface area contributed by atoms with Crippen molar-refractivity contribution in [2.75, 3.05) is 7.11 Å². The largest absolute Gasteiger partial charge is 0.495 e. The zero-order chi connectivity index (χ0) is 13.2. The van der Waals surface area contributed by atoms with E-state index in [4.69, 9.17) is 5.26 Å². The van der Waals surface area contributed by atoms with Gasteiger partial charge in [-0.15, -0.1) is 0 Å². The molecule has 0 aromatic carbocycles. The van der Waals surface area contributed by atoms with Crippen LogP contribution < -0.4 is 4.74 Å². The monoisotopic (exact) mass is 252 g/mol. The molecule has 0 aliphatic heterocycles. The summed E-state index contributed by atoms with van der Waals surface area (Å²) in [5.41, 5.74) is -3.43. The Morgan fingerprint density at radius 2 is 2.00 bits per heavy atom. The molecule has 0 fully saturated rings. The summed E-state index contributed by atoms with van der Waals surface area (Å²) in [5.74, 6) is -0.801. The molecule has 1 rings (SSSR count). The lowest BCUT2D eigenvalue weighted by Gasteiger charge is -2.13. The SMILES string of the molecule is COc1c(C(F)F)cnc(C(F)(F)F)c1C#N. The number of pyridine rings is 1. The van der Waals surface area contributed by atoms with Crippen LogP contribution in [-0.2, 0) is 6.18 Å². The molecule has 0 amide bonds. The van der Waals surface area contributed by atoms with Gasteiger partial charge in [0.15, 0.2) is 5.69 Å².